The fourth-order valence-corrected chi connectivity index (χ4v) is 6.07. The van der Waals surface area contributed by atoms with Crippen LogP contribution < -0.4 is 10.5 Å². The number of hydrogen-bond donors (Lipinski definition) is 2. The second kappa shape index (κ2) is 5.61. The molecule has 3 N–H and O–H groups in total. The van der Waals surface area contributed by atoms with Crippen LogP contribution in [0.25, 0.3) is 0 Å². The van der Waals surface area contributed by atoms with Gasteiger partial charge in [-0.05, 0) is 49.1 Å². The van der Waals surface area contributed by atoms with Gasteiger partial charge >= 0.3 is 0 Å². The number of sulfonamides is 1. The van der Waals surface area contributed by atoms with E-state index in [0.717, 1.165) is 12.3 Å². The molecule has 2 saturated carbocycles. The number of nitrogen functional groups attached to an aromatic ring is 1. The van der Waals surface area contributed by atoms with Gasteiger partial charge in [-0.15, -0.1) is 0 Å². The molecule has 21 heavy (non-hydrogen) atoms. The zero-order chi connectivity index (χ0) is 15.2. The molecule has 2 fully saturated rings. The Balaban J connectivity index is 1.75. The molecule has 4 nitrogen and oxygen atoms in total. The van der Waals surface area contributed by atoms with E-state index in [0.29, 0.717) is 24.1 Å². The average molecular weight is 349 g/mol. The van der Waals surface area contributed by atoms with Crippen LogP contribution in [0.4, 0.5) is 5.69 Å². The Morgan fingerprint density at radius 1 is 1.19 bits per heavy atom. The summed E-state index contributed by atoms with van der Waals surface area (Å²) in [5.74, 6) is 1.88. The van der Waals surface area contributed by atoms with E-state index in [1.54, 1.807) is 0 Å². The van der Waals surface area contributed by atoms with Crippen LogP contribution in [0.3, 0.4) is 0 Å². The van der Waals surface area contributed by atoms with Gasteiger partial charge < -0.3 is 5.73 Å². The van der Waals surface area contributed by atoms with Crippen LogP contribution in [0.5, 0.6) is 0 Å². The van der Waals surface area contributed by atoms with E-state index in [9.17, 15) is 8.42 Å². The van der Waals surface area contributed by atoms with Gasteiger partial charge in [0.1, 0.15) is 4.90 Å². The number of hydrogen-bond acceptors (Lipinski definition) is 3. The lowest BCUT2D eigenvalue weighted by molar-refractivity contribution is 0.333. The summed E-state index contributed by atoms with van der Waals surface area (Å²) in [7, 11) is -3.71. The summed E-state index contributed by atoms with van der Waals surface area (Å²) in [6.45, 7) is 0.459. The topological polar surface area (TPSA) is 72.2 Å². The van der Waals surface area contributed by atoms with E-state index >= 15 is 0 Å². The van der Waals surface area contributed by atoms with Crippen molar-refractivity contribution in [3.8, 4) is 0 Å². The summed E-state index contributed by atoms with van der Waals surface area (Å²) in [6, 6.07) is 2.80. The molecular formula is C14H18Cl2N2O2S. The van der Waals surface area contributed by atoms with Gasteiger partial charge in [0.15, 0.2) is 0 Å². The van der Waals surface area contributed by atoms with Crippen LogP contribution in [-0.2, 0) is 10.0 Å². The second-order valence-electron chi connectivity index (χ2n) is 6.10. The third-order valence-electron chi connectivity index (χ3n) is 4.71. The number of nitrogens with one attached hydrogen (secondary N) is 1. The standard InChI is InChI=1S/C14H18Cl2N2O2S/c15-12-5-11(17)6-13(16)14(12)21(19,20)18-7-10-4-8-1-2-9(10)3-8/h5-6,8-10,18H,1-4,7,17H2. The van der Waals surface area contributed by atoms with E-state index in [1.165, 1.54) is 31.4 Å². The molecular weight excluding hydrogens is 331 g/mol. The van der Waals surface area contributed by atoms with Gasteiger partial charge in [0.2, 0.25) is 10.0 Å². The van der Waals surface area contributed by atoms with Crippen molar-refractivity contribution in [2.24, 2.45) is 17.8 Å². The Hall–Kier alpha value is -0.490. The fourth-order valence-electron chi connectivity index (χ4n) is 3.75. The third kappa shape index (κ3) is 3.02. The van der Waals surface area contributed by atoms with Crippen molar-refractivity contribution in [2.75, 3.05) is 12.3 Å². The van der Waals surface area contributed by atoms with E-state index in [4.69, 9.17) is 28.9 Å². The van der Waals surface area contributed by atoms with Gasteiger partial charge in [0.05, 0.1) is 10.0 Å². The molecule has 1 aromatic carbocycles. The predicted octanol–water partition coefficient (Wildman–Crippen LogP) is 3.29. The number of halogens is 2. The highest BCUT2D eigenvalue weighted by atomic mass is 35.5. The second-order valence-corrected chi connectivity index (χ2v) is 8.62. The van der Waals surface area contributed by atoms with Crippen LogP contribution in [-0.4, -0.2) is 15.0 Å². The molecule has 116 valence electrons. The summed E-state index contributed by atoms with van der Waals surface area (Å²) in [6.07, 6.45) is 4.89. The largest absolute Gasteiger partial charge is 0.399 e. The highest BCUT2D eigenvalue weighted by Crippen LogP contribution is 2.48. The van der Waals surface area contributed by atoms with Crippen LogP contribution in [0, 0.1) is 17.8 Å². The summed E-state index contributed by atoms with van der Waals surface area (Å²) in [5, 5.41) is 0.112. The minimum absolute atomic E-state index is 0.0560. The molecule has 3 rings (SSSR count). The van der Waals surface area contributed by atoms with Gasteiger partial charge in [0, 0.05) is 12.2 Å². The van der Waals surface area contributed by atoms with E-state index in [-0.39, 0.29) is 14.9 Å². The van der Waals surface area contributed by atoms with Crippen molar-refractivity contribution >= 4 is 38.9 Å². The lowest BCUT2D eigenvalue weighted by Gasteiger charge is -2.22. The first-order valence-corrected chi connectivity index (χ1v) is 9.35. The Bertz CT molecular complexity index is 640. The molecule has 0 heterocycles. The maximum atomic E-state index is 12.4. The highest BCUT2D eigenvalue weighted by Gasteiger charge is 2.39. The first kappa shape index (κ1) is 15.4. The van der Waals surface area contributed by atoms with E-state index in [1.807, 2.05) is 0 Å². The smallest absolute Gasteiger partial charge is 0.243 e. The molecule has 0 spiro atoms. The number of rotatable bonds is 4. The van der Waals surface area contributed by atoms with Crippen molar-refractivity contribution in [3.05, 3.63) is 22.2 Å². The molecule has 0 aromatic heterocycles. The number of fused-ring (bicyclic) bond motifs is 2. The van der Waals surface area contributed by atoms with Gasteiger partial charge in [-0.2, -0.15) is 0 Å². The molecule has 3 atom stereocenters. The monoisotopic (exact) mass is 348 g/mol. The van der Waals surface area contributed by atoms with Gasteiger partial charge in [0.25, 0.3) is 0 Å². The van der Waals surface area contributed by atoms with Gasteiger partial charge in [-0.25, -0.2) is 13.1 Å². The summed E-state index contributed by atoms with van der Waals surface area (Å²) >= 11 is 12.0. The molecule has 0 amide bonds. The first-order valence-electron chi connectivity index (χ1n) is 7.11. The number of anilines is 1. The molecule has 1 aromatic rings. The fraction of sp³-hybridized carbons (Fsp3) is 0.571. The average Bonchev–Trinajstić information content (AvgIpc) is 2.96. The Labute approximate surface area is 135 Å². The van der Waals surface area contributed by atoms with Crippen LogP contribution >= 0.6 is 23.2 Å². The van der Waals surface area contributed by atoms with E-state index in [2.05, 4.69) is 4.72 Å². The maximum absolute atomic E-state index is 12.4. The molecule has 0 aliphatic heterocycles. The van der Waals surface area contributed by atoms with Crippen LogP contribution in [0.15, 0.2) is 17.0 Å². The molecule has 3 unspecified atom stereocenters. The minimum atomic E-state index is -3.71. The summed E-state index contributed by atoms with van der Waals surface area (Å²) < 4.78 is 27.5. The van der Waals surface area contributed by atoms with Crippen molar-refractivity contribution < 1.29 is 8.42 Å². The van der Waals surface area contributed by atoms with E-state index < -0.39 is 10.0 Å². The van der Waals surface area contributed by atoms with Gasteiger partial charge in [-0.1, -0.05) is 29.6 Å². The predicted molar refractivity (Wildman–Crippen MR) is 85.0 cm³/mol. The Morgan fingerprint density at radius 2 is 1.86 bits per heavy atom. The maximum Gasteiger partial charge on any atom is 0.243 e. The molecule has 0 radical (unpaired) electrons. The molecule has 7 heteroatoms. The molecule has 2 aliphatic rings. The van der Waals surface area contributed by atoms with Crippen LogP contribution in [0.1, 0.15) is 25.7 Å². The minimum Gasteiger partial charge on any atom is -0.399 e. The molecule has 0 saturated heterocycles. The molecule has 2 bridgehead atoms. The van der Waals surface area contributed by atoms with Crippen molar-refractivity contribution in [3.63, 3.8) is 0 Å². The Kier molecular flexibility index (Phi) is 4.12. The highest BCUT2D eigenvalue weighted by molar-refractivity contribution is 7.89. The van der Waals surface area contributed by atoms with Crippen molar-refractivity contribution in [1.82, 2.24) is 4.72 Å². The van der Waals surface area contributed by atoms with Gasteiger partial charge in [-0.3, -0.25) is 0 Å². The summed E-state index contributed by atoms with van der Waals surface area (Å²) in [5.41, 5.74) is 5.95. The quantitative estimate of drug-likeness (QED) is 0.820. The number of nitrogens with two attached hydrogens (primary N) is 1. The zero-order valence-corrected chi connectivity index (χ0v) is 13.8. The van der Waals surface area contributed by atoms with Crippen LogP contribution in [0.2, 0.25) is 10.0 Å². The normalized spacial score (nSPS) is 28.2. The SMILES string of the molecule is Nc1cc(Cl)c(S(=O)(=O)NCC2CC3CCC2C3)c(Cl)c1. The molecule has 2 aliphatic carbocycles. The lowest BCUT2D eigenvalue weighted by Crippen LogP contribution is -2.32. The zero-order valence-electron chi connectivity index (χ0n) is 11.5. The number of benzene rings is 1. The summed E-state index contributed by atoms with van der Waals surface area (Å²) in [4.78, 5) is -0.0804. The third-order valence-corrected chi connectivity index (χ3v) is 7.05. The lowest BCUT2D eigenvalue weighted by atomic mass is 9.89. The van der Waals surface area contributed by atoms with Crippen molar-refractivity contribution in [2.45, 2.75) is 30.6 Å². The Morgan fingerprint density at radius 3 is 2.38 bits per heavy atom. The first-order chi connectivity index (χ1) is 9.87. The van der Waals surface area contributed by atoms with Crippen molar-refractivity contribution in [1.29, 1.82) is 0 Å².